The summed E-state index contributed by atoms with van der Waals surface area (Å²) in [5.41, 5.74) is -7.17. The van der Waals surface area contributed by atoms with Crippen molar-refractivity contribution >= 4 is 35.8 Å². The molecule has 0 amide bonds. The molecule has 0 aliphatic rings. The Balaban J connectivity index is 6.64. The van der Waals surface area contributed by atoms with Gasteiger partial charge in [-0.3, -0.25) is 28.8 Å². The fourth-order valence-corrected chi connectivity index (χ4v) is 2.36. The number of rotatable bonds is 11. The molecule has 12 heteroatoms. The van der Waals surface area contributed by atoms with E-state index in [0.717, 1.165) is 0 Å². The molecule has 0 aromatic rings. The topological polar surface area (TPSA) is 224 Å². The molecule has 0 heterocycles. The van der Waals surface area contributed by atoms with Crippen molar-refractivity contribution in [1.82, 2.24) is 0 Å². The van der Waals surface area contributed by atoms with Crippen LogP contribution in [0.2, 0.25) is 0 Å². The normalized spacial score (nSPS) is 11.5. The van der Waals surface area contributed by atoms with Crippen LogP contribution in [0.15, 0.2) is 0 Å². The highest BCUT2D eigenvalue weighted by molar-refractivity contribution is 6.13. The third-order valence-electron chi connectivity index (χ3n) is 3.62. The summed E-state index contributed by atoms with van der Waals surface area (Å²) in [6.45, 7) is 0. The molecule has 0 aromatic carbocycles. The van der Waals surface area contributed by atoms with Gasteiger partial charge in [0, 0.05) is 12.8 Å². The quantitative estimate of drug-likeness (QED) is 0.247. The summed E-state index contributed by atoms with van der Waals surface area (Å²) < 4.78 is 0. The molecule has 0 aromatic heterocycles. The average Bonchev–Trinajstić information content (AvgIpc) is 2.40. The first-order valence-corrected chi connectivity index (χ1v) is 6.23. The summed E-state index contributed by atoms with van der Waals surface area (Å²) in [7, 11) is 0. The van der Waals surface area contributed by atoms with Crippen molar-refractivity contribution in [3.8, 4) is 0 Å². The summed E-state index contributed by atoms with van der Waals surface area (Å²) in [6.07, 6.45) is -5.06. The van der Waals surface area contributed by atoms with E-state index in [0.29, 0.717) is 0 Å². The van der Waals surface area contributed by atoms with Crippen LogP contribution in [-0.4, -0.2) is 66.5 Å². The number of hydrogen-bond acceptors (Lipinski definition) is 6. The fourth-order valence-electron chi connectivity index (χ4n) is 2.36. The molecule has 0 fully saturated rings. The predicted molar refractivity (Wildman–Crippen MR) is 69.1 cm³/mol. The van der Waals surface area contributed by atoms with Crippen molar-refractivity contribution in [3.05, 3.63) is 0 Å². The first-order chi connectivity index (χ1) is 10.9. The van der Waals surface area contributed by atoms with Crippen LogP contribution in [0.25, 0.3) is 0 Å². The SMILES string of the molecule is O=C(O)CCC(C(=O)O)(C(=O)O)C(CCC(=O)O)(C(=O)O)C(=O)O. The maximum absolute atomic E-state index is 11.5. The first kappa shape index (κ1) is 20.8. The minimum absolute atomic E-state index is 1.16. The van der Waals surface area contributed by atoms with Gasteiger partial charge < -0.3 is 30.6 Å². The second-order valence-corrected chi connectivity index (χ2v) is 4.82. The minimum Gasteiger partial charge on any atom is -0.481 e. The summed E-state index contributed by atoms with van der Waals surface area (Å²) >= 11 is 0. The third-order valence-corrected chi connectivity index (χ3v) is 3.62. The van der Waals surface area contributed by atoms with E-state index >= 15 is 0 Å². The van der Waals surface area contributed by atoms with Gasteiger partial charge in [0.05, 0.1) is 0 Å². The Hall–Kier alpha value is -3.18. The van der Waals surface area contributed by atoms with Gasteiger partial charge in [0.15, 0.2) is 10.8 Å². The zero-order valence-electron chi connectivity index (χ0n) is 12.0. The van der Waals surface area contributed by atoms with Gasteiger partial charge in [-0.2, -0.15) is 0 Å². The van der Waals surface area contributed by atoms with Crippen LogP contribution in [0.5, 0.6) is 0 Å². The summed E-state index contributed by atoms with van der Waals surface area (Å²) in [5, 5.41) is 54.3. The fraction of sp³-hybridized carbons (Fsp3) is 0.500. The molecule has 0 spiro atoms. The van der Waals surface area contributed by atoms with Crippen LogP contribution >= 0.6 is 0 Å². The zero-order valence-corrected chi connectivity index (χ0v) is 12.0. The molecule has 0 aliphatic heterocycles. The maximum Gasteiger partial charge on any atom is 0.322 e. The van der Waals surface area contributed by atoms with Crippen molar-refractivity contribution in [3.63, 3.8) is 0 Å². The molecule has 0 aliphatic carbocycles. The Morgan fingerprint density at radius 2 is 0.708 bits per heavy atom. The van der Waals surface area contributed by atoms with Gasteiger partial charge in [-0.25, -0.2) is 0 Å². The largest absolute Gasteiger partial charge is 0.481 e. The number of hydrogen-bond donors (Lipinski definition) is 6. The van der Waals surface area contributed by atoms with Gasteiger partial charge in [-0.05, 0) is 12.8 Å². The Morgan fingerprint density at radius 3 is 0.833 bits per heavy atom. The zero-order chi connectivity index (χ0) is 19.3. The molecule has 6 N–H and O–H groups in total. The molecule has 0 radical (unpaired) electrons. The highest BCUT2D eigenvalue weighted by Crippen LogP contribution is 2.48. The second-order valence-electron chi connectivity index (χ2n) is 4.82. The van der Waals surface area contributed by atoms with Gasteiger partial charge in [0.25, 0.3) is 0 Å². The third kappa shape index (κ3) is 3.42. The lowest BCUT2D eigenvalue weighted by Gasteiger charge is -2.38. The van der Waals surface area contributed by atoms with Crippen molar-refractivity contribution in [2.45, 2.75) is 25.7 Å². The molecule has 134 valence electrons. The van der Waals surface area contributed by atoms with Crippen LogP contribution in [0.1, 0.15) is 25.7 Å². The van der Waals surface area contributed by atoms with Crippen molar-refractivity contribution in [2.24, 2.45) is 10.8 Å². The van der Waals surface area contributed by atoms with E-state index in [1.807, 2.05) is 0 Å². The highest BCUT2D eigenvalue weighted by Gasteiger charge is 2.71. The predicted octanol–water partition coefficient (Wildman–Crippen LogP) is -0.973. The number of aliphatic carboxylic acids is 6. The smallest absolute Gasteiger partial charge is 0.322 e. The second kappa shape index (κ2) is 7.39. The van der Waals surface area contributed by atoms with Gasteiger partial charge in [0.1, 0.15) is 0 Å². The maximum atomic E-state index is 11.5. The monoisotopic (exact) mass is 350 g/mol. The van der Waals surface area contributed by atoms with Crippen LogP contribution in [0.3, 0.4) is 0 Å². The van der Waals surface area contributed by atoms with E-state index in [1.54, 1.807) is 0 Å². The lowest BCUT2D eigenvalue weighted by Crippen LogP contribution is -2.61. The lowest BCUT2D eigenvalue weighted by molar-refractivity contribution is -0.198. The van der Waals surface area contributed by atoms with Crippen LogP contribution < -0.4 is 0 Å². The van der Waals surface area contributed by atoms with Gasteiger partial charge in [-0.1, -0.05) is 0 Å². The van der Waals surface area contributed by atoms with Crippen molar-refractivity contribution < 1.29 is 59.4 Å². The molecule has 12 nitrogen and oxygen atoms in total. The van der Waals surface area contributed by atoms with E-state index in [2.05, 4.69) is 0 Å². The Kier molecular flexibility index (Phi) is 6.41. The molecule has 0 atom stereocenters. The average molecular weight is 350 g/mol. The molecule has 0 unspecified atom stereocenters. The summed E-state index contributed by atoms with van der Waals surface area (Å²) in [5.74, 6) is -13.0. The van der Waals surface area contributed by atoms with Crippen molar-refractivity contribution in [2.75, 3.05) is 0 Å². The van der Waals surface area contributed by atoms with Crippen LogP contribution in [0.4, 0.5) is 0 Å². The number of carboxylic acids is 6. The molecule has 0 saturated carbocycles. The molecule has 0 bridgehead atoms. The van der Waals surface area contributed by atoms with E-state index in [-0.39, 0.29) is 0 Å². The minimum atomic E-state index is -3.58. The molecular weight excluding hydrogens is 336 g/mol. The van der Waals surface area contributed by atoms with E-state index < -0.39 is 72.3 Å². The summed E-state index contributed by atoms with van der Waals surface area (Å²) in [6, 6.07) is 0. The van der Waals surface area contributed by atoms with E-state index in [4.69, 9.17) is 10.2 Å². The Morgan fingerprint density at radius 1 is 0.500 bits per heavy atom. The molecule has 24 heavy (non-hydrogen) atoms. The Labute approximate surface area is 132 Å². The number of carboxylic acid groups (broad SMARTS) is 6. The van der Waals surface area contributed by atoms with Gasteiger partial charge >= 0.3 is 35.8 Å². The number of carbonyl (C=O) groups is 6. The van der Waals surface area contributed by atoms with Crippen LogP contribution in [-0.2, 0) is 28.8 Å². The molecule has 0 saturated heterocycles. The first-order valence-electron chi connectivity index (χ1n) is 6.23. The van der Waals surface area contributed by atoms with Gasteiger partial charge in [0.2, 0.25) is 0 Å². The summed E-state index contributed by atoms with van der Waals surface area (Å²) in [4.78, 5) is 67.4. The van der Waals surface area contributed by atoms with Gasteiger partial charge in [-0.15, -0.1) is 0 Å². The van der Waals surface area contributed by atoms with E-state index in [9.17, 15) is 49.2 Å². The van der Waals surface area contributed by atoms with E-state index in [1.165, 1.54) is 0 Å². The standard InChI is InChI=1S/C12H14O12/c13-5(14)1-3-11(7(17)18,8(19)20)12(9(21)22,10(23)24)4-2-6(15)16/h1-4H2,(H,13,14)(H,15,16)(H,17,18)(H,19,20)(H,21,22)(H,23,24). The molecular formula is C12H14O12. The lowest BCUT2D eigenvalue weighted by atomic mass is 9.58. The highest BCUT2D eigenvalue weighted by atomic mass is 16.4. The van der Waals surface area contributed by atoms with Crippen molar-refractivity contribution in [1.29, 1.82) is 0 Å². The Bertz CT molecular complexity index is 509. The molecule has 0 rings (SSSR count). The van der Waals surface area contributed by atoms with Crippen LogP contribution in [0, 0.1) is 10.8 Å².